The van der Waals surface area contributed by atoms with E-state index in [9.17, 15) is 9.59 Å². The van der Waals surface area contributed by atoms with Gasteiger partial charge >= 0.3 is 5.97 Å². The molecule has 78 valence electrons. The summed E-state index contributed by atoms with van der Waals surface area (Å²) in [7, 11) is 1.32. The SMILES string of the molecule is COC(=O)CNC(=O)C1CC2CC2C1. The molecule has 0 saturated heterocycles. The number of fused-ring (bicyclic) bond motifs is 1. The maximum Gasteiger partial charge on any atom is 0.325 e. The van der Waals surface area contributed by atoms with Gasteiger partial charge in [-0.2, -0.15) is 0 Å². The fourth-order valence-electron chi connectivity index (χ4n) is 2.30. The molecule has 2 saturated carbocycles. The van der Waals surface area contributed by atoms with Gasteiger partial charge in [-0.15, -0.1) is 0 Å². The Kier molecular flexibility index (Phi) is 2.44. The Hall–Kier alpha value is -1.06. The lowest BCUT2D eigenvalue weighted by Gasteiger charge is -2.10. The van der Waals surface area contributed by atoms with Gasteiger partial charge in [-0.3, -0.25) is 9.59 Å². The molecule has 2 fully saturated rings. The number of ether oxygens (including phenoxy) is 1. The van der Waals surface area contributed by atoms with Gasteiger partial charge in [0, 0.05) is 5.92 Å². The van der Waals surface area contributed by atoms with Gasteiger partial charge in [0.05, 0.1) is 7.11 Å². The molecule has 0 heterocycles. The summed E-state index contributed by atoms with van der Waals surface area (Å²) in [6, 6.07) is 0. The molecule has 4 nitrogen and oxygen atoms in total. The Morgan fingerprint density at radius 2 is 1.93 bits per heavy atom. The number of hydrogen-bond donors (Lipinski definition) is 1. The zero-order valence-corrected chi connectivity index (χ0v) is 8.29. The number of methoxy groups -OCH3 is 1. The second-order valence-corrected chi connectivity index (χ2v) is 4.22. The Morgan fingerprint density at radius 1 is 1.29 bits per heavy atom. The second kappa shape index (κ2) is 3.59. The van der Waals surface area contributed by atoms with Crippen molar-refractivity contribution in [1.29, 1.82) is 0 Å². The third-order valence-corrected chi connectivity index (χ3v) is 3.25. The van der Waals surface area contributed by atoms with Crippen LogP contribution in [0.2, 0.25) is 0 Å². The summed E-state index contributed by atoms with van der Waals surface area (Å²) in [5, 5.41) is 2.60. The minimum absolute atomic E-state index is 0.00116. The first-order valence-corrected chi connectivity index (χ1v) is 5.05. The third-order valence-electron chi connectivity index (χ3n) is 3.25. The molecule has 2 unspecified atom stereocenters. The first-order valence-electron chi connectivity index (χ1n) is 5.05. The molecule has 0 bridgehead atoms. The van der Waals surface area contributed by atoms with Crippen LogP contribution >= 0.6 is 0 Å². The minimum atomic E-state index is -0.387. The van der Waals surface area contributed by atoms with Crippen LogP contribution in [-0.4, -0.2) is 25.5 Å². The van der Waals surface area contributed by atoms with Crippen LogP contribution in [-0.2, 0) is 14.3 Å². The lowest BCUT2D eigenvalue weighted by molar-refractivity contribution is -0.141. The van der Waals surface area contributed by atoms with Crippen LogP contribution in [0.25, 0.3) is 0 Å². The van der Waals surface area contributed by atoms with Crippen LogP contribution in [0.3, 0.4) is 0 Å². The molecule has 0 spiro atoms. The highest BCUT2D eigenvalue weighted by Gasteiger charge is 2.47. The van der Waals surface area contributed by atoms with Crippen LogP contribution < -0.4 is 5.32 Å². The first kappa shape index (κ1) is 9.49. The normalized spacial score (nSPS) is 33.4. The van der Waals surface area contributed by atoms with E-state index in [0.29, 0.717) is 0 Å². The molecule has 2 atom stereocenters. The van der Waals surface area contributed by atoms with Crippen molar-refractivity contribution in [3.05, 3.63) is 0 Å². The number of amides is 1. The Balaban J connectivity index is 1.70. The van der Waals surface area contributed by atoms with Crippen LogP contribution in [0.5, 0.6) is 0 Å². The maximum atomic E-state index is 11.5. The zero-order chi connectivity index (χ0) is 10.1. The van der Waals surface area contributed by atoms with Crippen LogP contribution in [0.15, 0.2) is 0 Å². The van der Waals surface area contributed by atoms with E-state index in [1.807, 2.05) is 0 Å². The van der Waals surface area contributed by atoms with Gasteiger partial charge in [0.15, 0.2) is 0 Å². The van der Waals surface area contributed by atoms with Crippen molar-refractivity contribution < 1.29 is 14.3 Å². The summed E-state index contributed by atoms with van der Waals surface area (Å²) in [5.41, 5.74) is 0. The summed E-state index contributed by atoms with van der Waals surface area (Å²) < 4.78 is 4.44. The van der Waals surface area contributed by atoms with Crippen LogP contribution in [0, 0.1) is 17.8 Å². The Labute approximate surface area is 83.0 Å². The van der Waals surface area contributed by atoms with E-state index in [1.54, 1.807) is 0 Å². The molecule has 0 aromatic rings. The zero-order valence-electron chi connectivity index (χ0n) is 8.29. The minimum Gasteiger partial charge on any atom is -0.468 e. The highest BCUT2D eigenvalue weighted by molar-refractivity contribution is 5.83. The molecule has 0 aromatic carbocycles. The molecule has 2 rings (SSSR count). The molecule has 0 aromatic heterocycles. The van der Waals surface area contributed by atoms with Crippen molar-refractivity contribution in [3.8, 4) is 0 Å². The summed E-state index contributed by atoms with van der Waals surface area (Å²) >= 11 is 0. The second-order valence-electron chi connectivity index (χ2n) is 4.22. The maximum absolute atomic E-state index is 11.5. The molecular weight excluding hydrogens is 182 g/mol. The van der Waals surface area contributed by atoms with Gasteiger partial charge in [0.1, 0.15) is 6.54 Å². The van der Waals surface area contributed by atoms with Crippen molar-refractivity contribution in [2.24, 2.45) is 17.8 Å². The van der Waals surface area contributed by atoms with Gasteiger partial charge in [0.2, 0.25) is 5.91 Å². The van der Waals surface area contributed by atoms with Crippen molar-refractivity contribution in [2.75, 3.05) is 13.7 Å². The van der Waals surface area contributed by atoms with E-state index in [4.69, 9.17) is 0 Å². The fraction of sp³-hybridized carbons (Fsp3) is 0.800. The number of nitrogens with one attached hydrogen (secondary N) is 1. The summed E-state index contributed by atoms with van der Waals surface area (Å²) in [6.45, 7) is 0.00116. The topological polar surface area (TPSA) is 55.4 Å². The predicted molar refractivity (Wildman–Crippen MR) is 49.3 cm³/mol. The molecule has 2 aliphatic carbocycles. The average molecular weight is 197 g/mol. The van der Waals surface area contributed by atoms with Gasteiger partial charge in [-0.05, 0) is 31.1 Å². The van der Waals surface area contributed by atoms with E-state index in [1.165, 1.54) is 13.5 Å². The quantitative estimate of drug-likeness (QED) is 0.663. The van der Waals surface area contributed by atoms with Crippen molar-refractivity contribution >= 4 is 11.9 Å². The monoisotopic (exact) mass is 197 g/mol. The van der Waals surface area contributed by atoms with Gasteiger partial charge in [-0.1, -0.05) is 0 Å². The highest BCUT2D eigenvalue weighted by atomic mass is 16.5. The fourth-order valence-corrected chi connectivity index (χ4v) is 2.30. The smallest absolute Gasteiger partial charge is 0.325 e. The van der Waals surface area contributed by atoms with E-state index >= 15 is 0 Å². The van der Waals surface area contributed by atoms with E-state index in [2.05, 4.69) is 10.1 Å². The molecule has 14 heavy (non-hydrogen) atoms. The lowest BCUT2D eigenvalue weighted by atomic mass is 10.0. The van der Waals surface area contributed by atoms with Gasteiger partial charge in [-0.25, -0.2) is 0 Å². The standard InChI is InChI=1S/C10H15NO3/c1-14-9(12)5-11-10(13)8-3-6-2-7(6)4-8/h6-8H,2-5H2,1H3,(H,11,13). The molecule has 0 aliphatic heterocycles. The highest BCUT2D eigenvalue weighted by Crippen LogP contribution is 2.54. The lowest BCUT2D eigenvalue weighted by Crippen LogP contribution is -2.34. The molecule has 1 amide bonds. The molecule has 1 N–H and O–H groups in total. The molecule has 4 heteroatoms. The van der Waals surface area contributed by atoms with Gasteiger partial charge in [0.25, 0.3) is 0 Å². The number of carbonyl (C=O) groups excluding carboxylic acids is 2. The van der Waals surface area contributed by atoms with Crippen LogP contribution in [0.4, 0.5) is 0 Å². The summed E-state index contributed by atoms with van der Waals surface area (Å²) in [5.74, 6) is 1.36. The Bertz CT molecular complexity index is 254. The van der Waals surface area contributed by atoms with E-state index < -0.39 is 0 Å². The number of carbonyl (C=O) groups is 2. The number of hydrogen-bond acceptors (Lipinski definition) is 3. The molecular formula is C10H15NO3. The van der Waals surface area contributed by atoms with Crippen molar-refractivity contribution in [1.82, 2.24) is 5.32 Å². The summed E-state index contributed by atoms with van der Waals surface area (Å²) in [6.07, 6.45) is 3.33. The third kappa shape index (κ3) is 1.89. The van der Waals surface area contributed by atoms with Crippen molar-refractivity contribution in [3.63, 3.8) is 0 Å². The molecule has 0 radical (unpaired) electrons. The number of esters is 1. The Morgan fingerprint density at radius 3 is 2.50 bits per heavy atom. The first-order chi connectivity index (χ1) is 6.70. The number of rotatable bonds is 3. The predicted octanol–water partition coefficient (Wildman–Crippen LogP) is 0.322. The average Bonchev–Trinajstić information content (AvgIpc) is 2.81. The van der Waals surface area contributed by atoms with Gasteiger partial charge < -0.3 is 10.1 Å². The van der Waals surface area contributed by atoms with E-state index in [-0.39, 0.29) is 24.3 Å². The summed E-state index contributed by atoms with van der Waals surface area (Å²) in [4.78, 5) is 22.3. The van der Waals surface area contributed by atoms with E-state index in [0.717, 1.165) is 24.7 Å². The van der Waals surface area contributed by atoms with Crippen LogP contribution in [0.1, 0.15) is 19.3 Å². The molecule has 2 aliphatic rings. The largest absolute Gasteiger partial charge is 0.468 e. The van der Waals surface area contributed by atoms with Crippen molar-refractivity contribution in [2.45, 2.75) is 19.3 Å².